The molecule has 0 fully saturated rings. The predicted molar refractivity (Wildman–Crippen MR) is 176 cm³/mol. The number of benzene rings is 3. The van der Waals surface area contributed by atoms with Gasteiger partial charge >= 0.3 is 0 Å². The minimum Gasteiger partial charge on any atom is -0.486 e. The van der Waals surface area contributed by atoms with Crippen LogP contribution in [0, 0.1) is 0 Å². The molecular weight excluding hydrogens is 500 g/mol. The van der Waals surface area contributed by atoms with E-state index in [0.29, 0.717) is 0 Å². The molecule has 2 atom stereocenters. The largest absolute Gasteiger partial charge is 0.486 e. The van der Waals surface area contributed by atoms with Gasteiger partial charge < -0.3 is 9.47 Å². The molecule has 1 aliphatic rings. The van der Waals surface area contributed by atoms with Gasteiger partial charge in [-0.05, 0) is 78.8 Å². The summed E-state index contributed by atoms with van der Waals surface area (Å²) in [5, 5.41) is 0. The van der Waals surface area contributed by atoms with Gasteiger partial charge in [0.25, 0.3) is 0 Å². The van der Waals surface area contributed by atoms with Crippen molar-refractivity contribution in [3.8, 4) is 33.8 Å². The Morgan fingerprint density at radius 2 is 1.20 bits per heavy atom. The Morgan fingerprint density at radius 3 is 1.83 bits per heavy atom. The van der Waals surface area contributed by atoms with Crippen LogP contribution in [-0.4, -0.2) is 12.2 Å². The van der Waals surface area contributed by atoms with Crippen LogP contribution >= 0.6 is 0 Å². The van der Waals surface area contributed by atoms with Crippen LogP contribution in [0.1, 0.15) is 129 Å². The van der Waals surface area contributed by atoms with Crippen molar-refractivity contribution in [2.45, 2.75) is 136 Å². The second-order valence-electron chi connectivity index (χ2n) is 12.1. The Morgan fingerprint density at radius 1 is 0.585 bits per heavy atom. The van der Waals surface area contributed by atoms with E-state index in [1.54, 1.807) is 0 Å². The van der Waals surface area contributed by atoms with E-state index in [0.717, 1.165) is 56.4 Å². The van der Waals surface area contributed by atoms with E-state index >= 15 is 0 Å². The molecule has 0 saturated heterocycles. The standard InChI is InChI=1S/C39H54O2/c1-5-9-11-16-25-32(20-7-3)40-37-29-35-34-27-19-18-24-31(34)28-36(35)38(30-22-14-13-15-23-30)39(37)41-33(21-8-4)26-17-12-10-6-2/h13-15,18-19,22-24,27,29,32-33H,5-12,16-17,20-21,25-26,28H2,1-4H3. The third-order valence-corrected chi connectivity index (χ3v) is 8.65. The number of rotatable bonds is 19. The summed E-state index contributed by atoms with van der Waals surface area (Å²) in [7, 11) is 0. The molecule has 1 aliphatic carbocycles. The zero-order valence-electron chi connectivity index (χ0n) is 26.4. The lowest BCUT2D eigenvalue weighted by Crippen LogP contribution is -2.20. The first-order chi connectivity index (χ1) is 20.2. The normalized spacial score (nSPS) is 13.5. The van der Waals surface area contributed by atoms with Crippen molar-refractivity contribution < 1.29 is 9.47 Å². The summed E-state index contributed by atoms with van der Waals surface area (Å²) < 4.78 is 14.2. The topological polar surface area (TPSA) is 18.5 Å². The van der Waals surface area contributed by atoms with E-state index in [4.69, 9.17) is 9.47 Å². The van der Waals surface area contributed by atoms with Gasteiger partial charge in [0, 0.05) is 5.56 Å². The highest BCUT2D eigenvalue weighted by atomic mass is 16.5. The zero-order valence-corrected chi connectivity index (χ0v) is 26.4. The predicted octanol–water partition coefficient (Wildman–Crippen LogP) is 12.0. The molecule has 0 bridgehead atoms. The van der Waals surface area contributed by atoms with Gasteiger partial charge in [0.05, 0.1) is 12.2 Å². The van der Waals surface area contributed by atoms with Crippen molar-refractivity contribution in [1.82, 2.24) is 0 Å². The van der Waals surface area contributed by atoms with E-state index in [9.17, 15) is 0 Å². The minimum absolute atomic E-state index is 0.206. The smallest absolute Gasteiger partial charge is 0.169 e. The van der Waals surface area contributed by atoms with Crippen molar-refractivity contribution in [2.24, 2.45) is 0 Å². The summed E-state index contributed by atoms with van der Waals surface area (Å²) in [6.07, 6.45) is 18.1. The molecule has 222 valence electrons. The van der Waals surface area contributed by atoms with Gasteiger partial charge in [-0.3, -0.25) is 0 Å². The lowest BCUT2D eigenvalue weighted by Gasteiger charge is -2.27. The van der Waals surface area contributed by atoms with Crippen molar-refractivity contribution in [1.29, 1.82) is 0 Å². The average Bonchev–Trinajstić information content (AvgIpc) is 3.36. The van der Waals surface area contributed by atoms with Gasteiger partial charge in [0.2, 0.25) is 0 Å². The first kappa shape index (κ1) is 31.2. The first-order valence-electron chi connectivity index (χ1n) is 16.9. The van der Waals surface area contributed by atoms with Crippen LogP contribution in [0.4, 0.5) is 0 Å². The lowest BCUT2D eigenvalue weighted by molar-refractivity contribution is 0.141. The number of fused-ring (bicyclic) bond motifs is 3. The molecule has 0 aliphatic heterocycles. The molecule has 2 nitrogen and oxygen atoms in total. The summed E-state index contributed by atoms with van der Waals surface area (Å²) in [4.78, 5) is 0. The second kappa shape index (κ2) is 16.6. The van der Waals surface area contributed by atoms with Gasteiger partial charge in [-0.2, -0.15) is 0 Å². The van der Waals surface area contributed by atoms with Crippen molar-refractivity contribution >= 4 is 0 Å². The third-order valence-electron chi connectivity index (χ3n) is 8.65. The fraction of sp³-hybridized carbons (Fsp3) is 0.538. The van der Waals surface area contributed by atoms with E-state index < -0.39 is 0 Å². The molecule has 0 aromatic heterocycles. The molecule has 0 saturated carbocycles. The molecule has 2 heteroatoms. The van der Waals surface area contributed by atoms with Crippen LogP contribution in [0.2, 0.25) is 0 Å². The van der Waals surface area contributed by atoms with E-state index in [2.05, 4.69) is 88.4 Å². The molecular formula is C39H54O2. The molecule has 0 spiro atoms. The molecule has 41 heavy (non-hydrogen) atoms. The average molecular weight is 555 g/mol. The van der Waals surface area contributed by atoms with Gasteiger partial charge in [0.15, 0.2) is 11.5 Å². The molecule has 0 radical (unpaired) electrons. The van der Waals surface area contributed by atoms with E-state index in [1.807, 2.05) is 0 Å². The summed E-state index contributed by atoms with van der Waals surface area (Å²) in [6.45, 7) is 9.13. The summed E-state index contributed by atoms with van der Waals surface area (Å²) >= 11 is 0. The fourth-order valence-electron chi connectivity index (χ4n) is 6.46. The second-order valence-corrected chi connectivity index (χ2v) is 12.1. The Hall–Kier alpha value is -2.74. The number of unbranched alkanes of at least 4 members (excludes halogenated alkanes) is 6. The quantitative estimate of drug-likeness (QED) is 0.107. The highest BCUT2D eigenvalue weighted by molar-refractivity contribution is 5.90. The molecule has 0 heterocycles. The number of hydrogen-bond acceptors (Lipinski definition) is 2. The Labute approximate surface area is 250 Å². The van der Waals surface area contributed by atoms with E-state index in [-0.39, 0.29) is 12.2 Å². The molecule has 4 rings (SSSR count). The number of hydrogen-bond donors (Lipinski definition) is 0. The van der Waals surface area contributed by atoms with Crippen LogP contribution in [0.25, 0.3) is 22.3 Å². The third kappa shape index (κ3) is 8.40. The summed E-state index contributed by atoms with van der Waals surface area (Å²) in [5.41, 5.74) is 7.92. The van der Waals surface area contributed by atoms with Crippen LogP contribution in [0.5, 0.6) is 11.5 Å². The zero-order chi connectivity index (χ0) is 28.9. The Balaban J connectivity index is 1.80. The van der Waals surface area contributed by atoms with Crippen LogP contribution < -0.4 is 9.47 Å². The monoisotopic (exact) mass is 554 g/mol. The van der Waals surface area contributed by atoms with Gasteiger partial charge in [-0.25, -0.2) is 0 Å². The van der Waals surface area contributed by atoms with Gasteiger partial charge in [-0.15, -0.1) is 0 Å². The maximum atomic E-state index is 7.17. The molecule has 2 unspecified atom stereocenters. The highest BCUT2D eigenvalue weighted by Crippen LogP contribution is 2.51. The molecule has 0 amide bonds. The maximum absolute atomic E-state index is 7.17. The van der Waals surface area contributed by atoms with Crippen LogP contribution in [-0.2, 0) is 6.42 Å². The van der Waals surface area contributed by atoms with Crippen molar-refractivity contribution in [2.75, 3.05) is 0 Å². The highest BCUT2D eigenvalue weighted by Gasteiger charge is 2.30. The van der Waals surface area contributed by atoms with Gasteiger partial charge in [-0.1, -0.05) is 134 Å². The minimum atomic E-state index is 0.206. The van der Waals surface area contributed by atoms with Crippen LogP contribution in [0.15, 0.2) is 60.7 Å². The molecule has 3 aromatic carbocycles. The first-order valence-corrected chi connectivity index (χ1v) is 16.9. The lowest BCUT2D eigenvalue weighted by atomic mass is 9.93. The molecule has 3 aromatic rings. The Bertz CT molecular complexity index is 1180. The summed E-state index contributed by atoms with van der Waals surface area (Å²) in [6, 6.07) is 22.2. The fourth-order valence-corrected chi connectivity index (χ4v) is 6.46. The summed E-state index contributed by atoms with van der Waals surface area (Å²) in [5.74, 6) is 1.93. The Kier molecular flexibility index (Phi) is 12.7. The molecule has 0 N–H and O–H groups in total. The van der Waals surface area contributed by atoms with E-state index in [1.165, 1.54) is 84.7 Å². The SMILES string of the molecule is CCCCCCC(CCC)Oc1cc2c(c(-c3ccccc3)c1OC(CCC)CCCCCC)Cc1ccccc1-2. The van der Waals surface area contributed by atoms with Crippen molar-refractivity contribution in [3.63, 3.8) is 0 Å². The van der Waals surface area contributed by atoms with Gasteiger partial charge in [0.1, 0.15) is 0 Å². The maximum Gasteiger partial charge on any atom is 0.169 e. The van der Waals surface area contributed by atoms with Crippen LogP contribution in [0.3, 0.4) is 0 Å². The number of ether oxygens (including phenoxy) is 2. The van der Waals surface area contributed by atoms with Crippen molar-refractivity contribution in [3.05, 3.63) is 71.8 Å².